The van der Waals surface area contributed by atoms with Gasteiger partial charge in [0, 0.05) is 5.41 Å². The molecule has 0 bridgehead atoms. The van der Waals surface area contributed by atoms with E-state index in [9.17, 15) is 0 Å². The van der Waals surface area contributed by atoms with Gasteiger partial charge in [0.05, 0.1) is 0 Å². The molecule has 118 valence electrons. The predicted octanol–water partition coefficient (Wildman–Crippen LogP) is 6.29. The highest BCUT2D eigenvalue weighted by atomic mass is 14.3. The summed E-state index contributed by atoms with van der Waals surface area (Å²) in [5, 5.41) is 2.63. The van der Waals surface area contributed by atoms with Gasteiger partial charge in [0.25, 0.3) is 0 Å². The first kappa shape index (κ1) is 15.8. The minimum absolute atomic E-state index is 0.0141. The molecular formula is C23H26. The highest BCUT2D eigenvalue weighted by Crippen LogP contribution is 2.34. The molecule has 0 spiro atoms. The fourth-order valence-electron chi connectivity index (χ4n) is 3.43. The molecule has 0 saturated heterocycles. The molecule has 0 aliphatic heterocycles. The van der Waals surface area contributed by atoms with E-state index in [-0.39, 0.29) is 5.41 Å². The lowest BCUT2D eigenvalue weighted by Crippen LogP contribution is -2.19. The Morgan fingerprint density at radius 3 is 1.96 bits per heavy atom. The summed E-state index contributed by atoms with van der Waals surface area (Å²) in [4.78, 5) is 0. The molecule has 0 saturated carbocycles. The molecule has 0 aliphatic rings. The van der Waals surface area contributed by atoms with E-state index in [2.05, 4.69) is 88.4 Å². The number of hydrogen-bond donors (Lipinski definition) is 0. The standard InChI is InChI=1S/C23H26/c1-5-17-11-13-21(15-18(17)6-2)23(3,4)22-14-12-19-9-7-8-10-20(19)16-22/h7-16H,5-6H2,1-4H3. The SMILES string of the molecule is CCc1ccc(C(C)(C)c2ccc3ccccc3c2)cc1CC. The fraction of sp³-hybridized carbons (Fsp3) is 0.304. The van der Waals surface area contributed by atoms with E-state index in [0.717, 1.165) is 12.8 Å². The molecular weight excluding hydrogens is 276 g/mol. The van der Waals surface area contributed by atoms with Crippen LogP contribution in [-0.4, -0.2) is 0 Å². The molecule has 0 nitrogen and oxygen atoms in total. The number of aryl methyl sites for hydroxylation is 2. The second-order valence-electron chi connectivity index (χ2n) is 6.88. The van der Waals surface area contributed by atoms with Crippen LogP contribution in [0.2, 0.25) is 0 Å². The van der Waals surface area contributed by atoms with Crippen molar-refractivity contribution in [1.29, 1.82) is 0 Å². The summed E-state index contributed by atoms with van der Waals surface area (Å²) in [5.41, 5.74) is 5.76. The van der Waals surface area contributed by atoms with E-state index < -0.39 is 0 Å². The molecule has 23 heavy (non-hydrogen) atoms. The zero-order chi connectivity index (χ0) is 16.4. The van der Waals surface area contributed by atoms with Crippen LogP contribution in [0.3, 0.4) is 0 Å². The van der Waals surface area contributed by atoms with Crippen LogP contribution in [0.25, 0.3) is 10.8 Å². The molecule has 0 aromatic heterocycles. The highest BCUT2D eigenvalue weighted by molar-refractivity contribution is 5.83. The Labute approximate surface area is 140 Å². The maximum absolute atomic E-state index is 2.41. The number of hydrogen-bond acceptors (Lipinski definition) is 0. The maximum atomic E-state index is 2.41. The molecule has 3 rings (SSSR count). The van der Waals surface area contributed by atoms with Gasteiger partial charge in [-0.1, -0.05) is 88.4 Å². The zero-order valence-corrected chi connectivity index (χ0v) is 14.7. The number of rotatable bonds is 4. The molecule has 0 radical (unpaired) electrons. The molecule has 3 aromatic carbocycles. The van der Waals surface area contributed by atoms with Crippen molar-refractivity contribution in [2.75, 3.05) is 0 Å². The van der Waals surface area contributed by atoms with Crippen LogP contribution in [0.5, 0.6) is 0 Å². The third-order valence-electron chi connectivity index (χ3n) is 5.16. The van der Waals surface area contributed by atoms with Crippen molar-refractivity contribution in [2.24, 2.45) is 0 Å². The average Bonchev–Trinajstić information content (AvgIpc) is 2.60. The Hall–Kier alpha value is -2.08. The van der Waals surface area contributed by atoms with Gasteiger partial charge in [0.1, 0.15) is 0 Å². The largest absolute Gasteiger partial charge is 0.0616 e. The molecule has 0 unspecified atom stereocenters. The lowest BCUT2D eigenvalue weighted by molar-refractivity contribution is 0.640. The molecule has 0 amide bonds. The molecule has 0 N–H and O–H groups in total. The Bertz CT molecular complexity index is 824. The van der Waals surface area contributed by atoms with Crippen molar-refractivity contribution < 1.29 is 0 Å². The molecule has 0 atom stereocenters. The third kappa shape index (κ3) is 2.91. The normalized spacial score (nSPS) is 11.8. The molecule has 3 aromatic rings. The Balaban J connectivity index is 2.08. The minimum atomic E-state index is 0.0141. The topological polar surface area (TPSA) is 0 Å². The van der Waals surface area contributed by atoms with Gasteiger partial charge in [-0.2, -0.15) is 0 Å². The summed E-state index contributed by atoms with van der Waals surface area (Å²) in [6.07, 6.45) is 2.21. The monoisotopic (exact) mass is 302 g/mol. The van der Waals surface area contributed by atoms with Crippen molar-refractivity contribution >= 4 is 10.8 Å². The van der Waals surface area contributed by atoms with Crippen LogP contribution in [0, 0.1) is 0 Å². The fourth-order valence-corrected chi connectivity index (χ4v) is 3.43. The second-order valence-corrected chi connectivity index (χ2v) is 6.88. The van der Waals surface area contributed by atoms with Gasteiger partial charge in [-0.25, -0.2) is 0 Å². The van der Waals surface area contributed by atoms with Gasteiger partial charge in [-0.3, -0.25) is 0 Å². The highest BCUT2D eigenvalue weighted by Gasteiger charge is 2.24. The first-order valence-electron chi connectivity index (χ1n) is 8.67. The lowest BCUT2D eigenvalue weighted by atomic mass is 9.76. The van der Waals surface area contributed by atoms with Crippen molar-refractivity contribution in [3.05, 3.63) is 82.9 Å². The van der Waals surface area contributed by atoms with Crippen LogP contribution < -0.4 is 0 Å². The van der Waals surface area contributed by atoms with Gasteiger partial charge in [0.15, 0.2) is 0 Å². The Morgan fingerprint density at radius 2 is 1.26 bits per heavy atom. The average molecular weight is 302 g/mol. The van der Waals surface area contributed by atoms with E-state index in [4.69, 9.17) is 0 Å². The van der Waals surface area contributed by atoms with E-state index in [1.54, 1.807) is 0 Å². The summed E-state index contributed by atoms with van der Waals surface area (Å²) >= 11 is 0. The first-order valence-corrected chi connectivity index (χ1v) is 8.67. The number of benzene rings is 3. The van der Waals surface area contributed by atoms with E-state index in [1.165, 1.54) is 33.0 Å². The smallest absolute Gasteiger partial charge is 0.0146 e. The molecule has 0 aliphatic carbocycles. The number of fused-ring (bicyclic) bond motifs is 1. The van der Waals surface area contributed by atoms with E-state index in [1.807, 2.05) is 0 Å². The van der Waals surface area contributed by atoms with Crippen LogP contribution in [0.4, 0.5) is 0 Å². The maximum Gasteiger partial charge on any atom is 0.0146 e. The second kappa shape index (κ2) is 6.20. The van der Waals surface area contributed by atoms with E-state index >= 15 is 0 Å². The first-order chi connectivity index (χ1) is 11.1. The van der Waals surface area contributed by atoms with Gasteiger partial charge in [-0.15, -0.1) is 0 Å². The van der Waals surface area contributed by atoms with Gasteiger partial charge in [-0.05, 0) is 45.9 Å². The van der Waals surface area contributed by atoms with Crippen LogP contribution in [0.1, 0.15) is 49.9 Å². The summed E-state index contributed by atoms with van der Waals surface area (Å²) < 4.78 is 0. The summed E-state index contributed by atoms with van der Waals surface area (Å²) in [7, 11) is 0. The van der Waals surface area contributed by atoms with Crippen LogP contribution in [0.15, 0.2) is 60.7 Å². The quantitative estimate of drug-likeness (QED) is 0.531. The minimum Gasteiger partial charge on any atom is -0.0616 e. The van der Waals surface area contributed by atoms with Gasteiger partial charge >= 0.3 is 0 Å². The van der Waals surface area contributed by atoms with Crippen molar-refractivity contribution in [2.45, 2.75) is 46.0 Å². The zero-order valence-electron chi connectivity index (χ0n) is 14.7. The predicted molar refractivity (Wildman–Crippen MR) is 101 cm³/mol. The third-order valence-corrected chi connectivity index (χ3v) is 5.16. The van der Waals surface area contributed by atoms with Gasteiger partial charge in [0.2, 0.25) is 0 Å². The Morgan fingerprint density at radius 1 is 0.652 bits per heavy atom. The molecule has 0 heteroatoms. The lowest BCUT2D eigenvalue weighted by Gasteiger charge is -2.27. The molecule has 0 fully saturated rings. The van der Waals surface area contributed by atoms with E-state index in [0.29, 0.717) is 0 Å². The summed E-state index contributed by atoms with van der Waals surface area (Å²) in [5.74, 6) is 0. The van der Waals surface area contributed by atoms with Crippen LogP contribution >= 0.6 is 0 Å². The van der Waals surface area contributed by atoms with Crippen molar-refractivity contribution in [1.82, 2.24) is 0 Å². The Kier molecular flexibility index (Phi) is 4.26. The summed E-state index contributed by atoms with van der Waals surface area (Å²) in [6.45, 7) is 9.15. The van der Waals surface area contributed by atoms with Crippen molar-refractivity contribution in [3.63, 3.8) is 0 Å². The van der Waals surface area contributed by atoms with Gasteiger partial charge < -0.3 is 0 Å². The van der Waals surface area contributed by atoms with Crippen molar-refractivity contribution in [3.8, 4) is 0 Å². The van der Waals surface area contributed by atoms with Crippen LogP contribution in [-0.2, 0) is 18.3 Å². The molecule has 0 heterocycles. The summed E-state index contributed by atoms with van der Waals surface area (Å²) in [6, 6.07) is 22.5.